The summed E-state index contributed by atoms with van der Waals surface area (Å²) in [6, 6.07) is 2.92. The van der Waals surface area contributed by atoms with E-state index in [4.69, 9.17) is 11.6 Å². The van der Waals surface area contributed by atoms with Crippen LogP contribution in [0.5, 0.6) is 0 Å². The Kier molecular flexibility index (Phi) is 4.44. The SMILES string of the molecule is CC1(C)C=C(NS(=O)(=O)C(=O)Nc2ccc(Cl)nc2)C(C)(C)N1. The second-order valence-electron chi connectivity index (χ2n) is 6.42. The van der Waals surface area contributed by atoms with Crippen molar-refractivity contribution in [1.82, 2.24) is 15.0 Å². The maximum Gasteiger partial charge on any atom is 0.361 e. The second kappa shape index (κ2) is 5.77. The van der Waals surface area contributed by atoms with Crippen molar-refractivity contribution in [3.05, 3.63) is 35.3 Å². The minimum absolute atomic E-state index is 0.239. The lowest BCUT2D eigenvalue weighted by atomic mass is 10.1. The highest BCUT2D eigenvalue weighted by Crippen LogP contribution is 2.28. The Morgan fingerprint density at radius 1 is 1.26 bits per heavy atom. The predicted octanol–water partition coefficient (Wildman–Crippen LogP) is 2.23. The largest absolute Gasteiger partial charge is 0.361 e. The highest BCUT2D eigenvalue weighted by molar-refractivity contribution is 8.04. The number of halogens is 1. The number of sulfonamides is 1. The smallest absolute Gasteiger partial charge is 0.310 e. The summed E-state index contributed by atoms with van der Waals surface area (Å²) in [6.07, 6.45) is 3.03. The first-order valence-corrected chi connectivity index (χ1v) is 8.75. The lowest BCUT2D eigenvalue weighted by molar-refractivity contribution is 0.267. The highest BCUT2D eigenvalue weighted by atomic mass is 35.5. The van der Waals surface area contributed by atoms with Crippen LogP contribution in [0.4, 0.5) is 10.5 Å². The number of hydrogen-bond acceptors (Lipinski definition) is 5. The van der Waals surface area contributed by atoms with Crippen LogP contribution >= 0.6 is 11.6 Å². The van der Waals surface area contributed by atoms with Gasteiger partial charge in [-0.1, -0.05) is 11.6 Å². The highest BCUT2D eigenvalue weighted by Gasteiger charge is 2.39. The van der Waals surface area contributed by atoms with Crippen LogP contribution < -0.4 is 15.4 Å². The summed E-state index contributed by atoms with van der Waals surface area (Å²) in [6.45, 7) is 7.49. The van der Waals surface area contributed by atoms with Crippen LogP contribution in [0.2, 0.25) is 5.15 Å². The van der Waals surface area contributed by atoms with Gasteiger partial charge >= 0.3 is 15.3 Å². The second-order valence-corrected chi connectivity index (χ2v) is 8.39. The number of nitrogens with one attached hydrogen (secondary N) is 3. The van der Waals surface area contributed by atoms with Gasteiger partial charge in [-0.2, -0.15) is 8.42 Å². The zero-order valence-corrected chi connectivity index (χ0v) is 14.8. The van der Waals surface area contributed by atoms with Crippen molar-refractivity contribution in [2.45, 2.75) is 38.8 Å². The van der Waals surface area contributed by atoms with Crippen molar-refractivity contribution >= 4 is 32.6 Å². The van der Waals surface area contributed by atoms with Gasteiger partial charge in [0.05, 0.1) is 17.4 Å². The Labute approximate surface area is 140 Å². The number of carbonyl (C=O) groups is 1. The molecule has 3 N–H and O–H groups in total. The summed E-state index contributed by atoms with van der Waals surface area (Å²) in [5.74, 6) is 0. The van der Waals surface area contributed by atoms with Crippen molar-refractivity contribution in [2.24, 2.45) is 0 Å². The average Bonchev–Trinajstić information content (AvgIpc) is 2.59. The van der Waals surface area contributed by atoms with E-state index >= 15 is 0 Å². The molecule has 126 valence electrons. The van der Waals surface area contributed by atoms with Crippen LogP contribution in [0, 0.1) is 0 Å². The quantitative estimate of drug-likeness (QED) is 0.719. The Morgan fingerprint density at radius 3 is 2.39 bits per heavy atom. The minimum atomic E-state index is -4.24. The minimum Gasteiger partial charge on any atom is -0.310 e. The van der Waals surface area contributed by atoms with Gasteiger partial charge < -0.3 is 5.32 Å². The van der Waals surface area contributed by atoms with Gasteiger partial charge in [0.2, 0.25) is 0 Å². The lowest BCUT2D eigenvalue weighted by Crippen LogP contribution is -2.48. The molecule has 1 amide bonds. The molecule has 0 atom stereocenters. The van der Waals surface area contributed by atoms with E-state index in [1.165, 1.54) is 18.3 Å². The van der Waals surface area contributed by atoms with E-state index in [2.05, 4.69) is 20.3 Å². The lowest BCUT2D eigenvalue weighted by Gasteiger charge is -2.28. The zero-order valence-electron chi connectivity index (χ0n) is 13.3. The molecular weight excluding hydrogens is 340 g/mol. The fourth-order valence-electron chi connectivity index (χ4n) is 2.43. The third-order valence-electron chi connectivity index (χ3n) is 3.28. The van der Waals surface area contributed by atoms with Crippen LogP contribution in [-0.2, 0) is 10.0 Å². The standard InChI is InChI=1S/C14H19ClN4O3S/c1-13(2)7-10(14(3,4)19-13)18-23(21,22)12(20)17-9-5-6-11(15)16-8-9/h5-8,18-19H,1-4H3,(H,17,20). The maximum atomic E-state index is 12.2. The molecule has 2 rings (SSSR count). The molecule has 0 unspecified atom stereocenters. The third kappa shape index (κ3) is 4.21. The molecule has 0 spiro atoms. The van der Waals surface area contributed by atoms with Gasteiger partial charge in [0.25, 0.3) is 0 Å². The van der Waals surface area contributed by atoms with Gasteiger partial charge in [0.1, 0.15) is 5.15 Å². The molecule has 0 bridgehead atoms. The van der Waals surface area contributed by atoms with Crippen LogP contribution in [0.1, 0.15) is 27.7 Å². The van der Waals surface area contributed by atoms with Crippen LogP contribution in [0.25, 0.3) is 0 Å². The number of pyridine rings is 1. The number of amides is 1. The normalized spacial score (nSPS) is 19.1. The Bertz CT molecular complexity index is 755. The molecule has 0 fully saturated rings. The number of aromatic nitrogens is 1. The van der Waals surface area contributed by atoms with Gasteiger partial charge in [0, 0.05) is 11.2 Å². The number of carbonyl (C=O) groups excluding carboxylic acids is 1. The summed E-state index contributed by atoms with van der Waals surface area (Å²) in [5, 5.41) is 4.62. The first-order valence-electron chi connectivity index (χ1n) is 6.89. The predicted molar refractivity (Wildman–Crippen MR) is 89.7 cm³/mol. The van der Waals surface area contributed by atoms with Gasteiger partial charge in [-0.3, -0.25) is 14.8 Å². The van der Waals surface area contributed by atoms with Gasteiger partial charge in [-0.05, 0) is 45.9 Å². The van der Waals surface area contributed by atoms with E-state index in [0.29, 0.717) is 5.70 Å². The maximum absolute atomic E-state index is 12.2. The summed E-state index contributed by atoms with van der Waals surface area (Å²) in [5.41, 5.74) is -0.314. The monoisotopic (exact) mass is 358 g/mol. The summed E-state index contributed by atoms with van der Waals surface area (Å²) < 4.78 is 26.8. The topological polar surface area (TPSA) is 100 Å². The molecule has 1 aromatic rings. The molecule has 0 saturated heterocycles. The summed E-state index contributed by atoms with van der Waals surface area (Å²) >= 11 is 5.64. The van der Waals surface area contributed by atoms with Gasteiger partial charge in [-0.25, -0.2) is 4.98 Å². The van der Waals surface area contributed by atoms with Crippen molar-refractivity contribution in [2.75, 3.05) is 5.32 Å². The fraction of sp³-hybridized carbons (Fsp3) is 0.429. The fourth-order valence-corrected chi connectivity index (χ4v) is 3.49. The molecule has 7 nitrogen and oxygen atoms in total. The number of hydrogen-bond donors (Lipinski definition) is 3. The van der Waals surface area contributed by atoms with E-state index in [0.717, 1.165) is 0 Å². The van der Waals surface area contributed by atoms with E-state index in [1.807, 2.05) is 27.7 Å². The average molecular weight is 359 g/mol. The Hall–Kier alpha value is -1.64. The van der Waals surface area contributed by atoms with Crippen LogP contribution in [0.3, 0.4) is 0 Å². The number of nitrogens with zero attached hydrogens (tertiary/aromatic N) is 1. The van der Waals surface area contributed by atoms with E-state index in [1.54, 1.807) is 6.08 Å². The molecule has 1 aromatic heterocycles. The first kappa shape index (κ1) is 17.7. The summed E-state index contributed by atoms with van der Waals surface area (Å²) in [4.78, 5) is 15.8. The molecule has 9 heteroatoms. The molecule has 0 aliphatic carbocycles. The molecule has 0 radical (unpaired) electrons. The van der Waals surface area contributed by atoms with Crippen LogP contribution in [-0.4, -0.2) is 29.7 Å². The third-order valence-corrected chi connectivity index (χ3v) is 4.58. The van der Waals surface area contributed by atoms with Gasteiger partial charge in [-0.15, -0.1) is 0 Å². The molecular formula is C14H19ClN4O3S. The number of anilines is 1. The van der Waals surface area contributed by atoms with Crippen LogP contribution in [0.15, 0.2) is 30.1 Å². The van der Waals surface area contributed by atoms with Gasteiger partial charge in [0.15, 0.2) is 0 Å². The van der Waals surface area contributed by atoms with E-state index in [-0.39, 0.29) is 16.4 Å². The van der Waals surface area contributed by atoms with E-state index < -0.39 is 20.8 Å². The molecule has 0 saturated carbocycles. The Balaban J connectivity index is 2.15. The van der Waals surface area contributed by atoms with Crippen molar-refractivity contribution in [1.29, 1.82) is 0 Å². The van der Waals surface area contributed by atoms with Crippen molar-refractivity contribution in [3.8, 4) is 0 Å². The molecule has 23 heavy (non-hydrogen) atoms. The molecule has 2 heterocycles. The molecule has 1 aliphatic heterocycles. The van der Waals surface area contributed by atoms with Crippen molar-refractivity contribution < 1.29 is 13.2 Å². The molecule has 1 aliphatic rings. The van der Waals surface area contributed by atoms with E-state index in [9.17, 15) is 13.2 Å². The first-order chi connectivity index (χ1) is 10.4. The Morgan fingerprint density at radius 2 is 1.91 bits per heavy atom. The summed E-state index contributed by atoms with van der Waals surface area (Å²) in [7, 11) is -4.24. The number of rotatable bonds is 3. The zero-order chi connectivity index (χ0) is 17.5. The van der Waals surface area contributed by atoms with Crippen molar-refractivity contribution in [3.63, 3.8) is 0 Å². The molecule has 0 aromatic carbocycles.